The number of hydrogen-bond acceptors (Lipinski definition) is 2. The zero-order chi connectivity index (χ0) is 14.1. The van der Waals surface area contributed by atoms with Crippen molar-refractivity contribution in [2.75, 3.05) is 0 Å². The summed E-state index contributed by atoms with van der Waals surface area (Å²) in [4.78, 5) is 4.61. The Morgan fingerprint density at radius 3 is 2.45 bits per heavy atom. The summed E-state index contributed by atoms with van der Waals surface area (Å²) in [5.41, 5.74) is 5.18. The van der Waals surface area contributed by atoms with Crippen molar-refractivity contribution < 1.29 is 5.11 Å². The molecule has 1 aromatic carbocycles. The molecule has 0 aliphatic heterocycles. The van der Waals surface area contributed by atoms with Crippen LogP contribution in [-0.2, 0) is 6.61 Å². The van der Waals surface area contributed by atoms with Crippen molar-refractivity contribution in [3.05, 3.63) is 59.9 Å². The molecule has 0 amide bonds. The molecule has 0 saturated heterocycles. The molecule has 3 aromatic rings. The fourth-order valence-electron chi connectivity index (χ4n) is 2.31. The van der Waals surface area contributed by atoms with E-state index in [4.69, 9.17) is 5.11 Å². The van der Waals surface area contributed by atoms with Gasteiger partial charge in [0.1, 0.15) is 5.65 Å². The summed E-state index contributed by atoms with van der Waals surface area (Å²) in [5, 5.41) is 9.17. The van der Waals surface area contributed by atoms with Gasteiger partial charge in [0.25, 0.3) is 0 Å². The maximum atomic E-state index is 9.17. The van der Waals surface area contributed by atoms with Gasteiger partial charge in [0, 0.05) is 18.0 Å². The van der Waals surface area contributed by atoms with Gasteiger partial charge >= 0.3 is 0 Å². The Kier molecular flexibility index (Phi) is 3.28. The molecule has 3 rings (SSSR count). The second kappa shape index (κ2) is 5.10. The van der Waals surface area contributed by atoms with Crippen LogP contribution in [0.15, 0.2) is 48.8 Å². The minimum atomic E-state index is 0.0482. The molecule has 0 radical (unpaired) electrons. The van der Waals surface area contributed by atoms with E-state index >= 15 is 0 Å². The van der Waals surface area contributed by atoms with Crippen molar-refractivity contribution in [1.82, 2.24) is 9.38 Å². The Morgan fingerprint density at radius 1 is 1.05 bits per heavy atom. The van der Waals surface area contributed by atoms with Crippen molar-refractivity contribution in [2.24, 2.45) is 0 Å². The number of nitrogens with zero attached hydrogens (tertiary/aromatic N) is 2. The second-order valence-corrected chi connectivity index (χ2v) is 5.36. The van der Waals surface area contributed by atoms with Gasteiger partial charge in [-0.2, -0.15) is 0 Å². The minimum absolute atomic E-state index is 0.0482. The van der Waals surface area contributed by atoms with E-state index in [2.05, 4.69) is 43.1 Å². The third-order valence-electron chi connectivity index (χ3n) is 3.57. The van der Waals surface area contributed by atoms with Gasteiger partial charge in [0.05, 0.1) is 12.3 Å². The smallest absolute Gasteiger partial charge is 0.137 e. The quantitative estimate of drug-likeness (QED) is 0.786. The lowest BCUT2D eigenvalue weighted by molar-refractivity contribution is 0.281. The second-order valence-electron chi connectivity index (χ2n) is 5.36. The Balaban J connectivity index is 2.01. The molecule has 1 N–H and O–H groups in total. The zero-order valence-corrected chi connectivity index (χ0v) is 11.7. The first-order valence-corrected chi connectivity index (χ1v) is 6.86. The highest BCUT2D eigenvalue weighted by atomic mass is 16.3. The highest BCUT2D eigenvalue weighted by molar-refractivity contribution is 5.63. The first-order chi connectivity index (χ1) is 9.67. The lowest BCUT2D eigenvalue weighted by Crippen LogP contribution is -1.88. The normalized spacial score (nSPS) is 11.4. The van der Waals surface area contributed by atoms with Gasteiger partial charge in [-0.1, -0.05) is 44.2 Å². The largest absolute Gasteiger partial charge is 0.392 e. The van der Waals surface area contributed by atoms with E-state index in [0.29, 0.717) is 5.92 Å². The molecule has 102 valence electrons. The molecule has 0 aliphatic carbocycles. The minimum Gasteiger partial charge on any atom is -0.392 e. The summed E-state index contributed by atoms with van der Waals surface area (Å²) in [6.07, 6.45) is 3.91. The molecule has 0 bridgehead atoms. The summed E-state index contributed by atoms with van der Waals surface area (Å²) in [5.74, 6) is 0.539. The van der Waals surface area contributed by atoms with Gasteiger partial charge < -0.3 is 9.51 Å². The molecule has 2 aromatic heterocycles. The van der Waals surface area contributed by atoms with Gasteiger partial charge in [0.2, 0.25) is 0 Å². The van der Waals surface area contributed by atoms with Crippen LogP contribution in [0.2, 0.25) is 0 Å². The molecule has 0 unspecified atom stereocenters. The predicted molar refractivity (Wildman–Crippen MR) is 80.6 cm³/mol. The molecule has 0 aliphatic rings. The summed E-state index contributed by atoms with van der Waals surface area (Å²) in [6.45, 7) is 4.43. The van der Waals surface area contributed by atoms with E-state index in [9.17, 15) is 0 Å². The lowest BCUT2D eigenvalue weighted by atomic mass is 10.0. The summed E-state index contributed by atoms with van der Waals surface area (Å²) in [6, 6.07) is 12.4. The van der Waals surface area contributed by atoms with Crippen LogP contribution >= 0.6 is 0 Å². The number of aliphatic hydroxyl groups excluding tert-OH is 1. The van der Waals surface area contributed by atoms with E-state index in [-0.39, 0.29) is 6.61 Å². The average Bonchev–Trinajstić information content (AvgIpc) is 2.90. The molecule has 0 atom stereocenters. The van der Waals surface area contributed by atoms with Crippen molar-refractivity contribution in [1.29, 1.82) is 0 Å². The predicted octanol–water partition coefficient (Wildman–Crippen LogP) is 3.62. The van der Waals surface area contributed by atoms with E-state index in [0.717, 1.165) is 22.5 Å². The van der Waals surface area contributed by atoms with Crippen LogP contribution in [0.25, 0.3) is 16.9 Å². The summed E-state index contributed by atoms with van der Waals surface area (Å²) >= 11 is 0. The van der Waals surface area contributed by atoms with E-state index in [1.165, 1.54) is 5.56 Å². The molecule has 0 fully saturated rings. The molecular formula is C17H18N2O. The first kappa shape index (κ1) is 12.9. The fraction of sp³-hybridized carbons (Fsp3) is 0.235. The van der Waals surface area contributed by atoms with Gasteiger partial charge in [0.15, 0.2) is 0 Å². The topological polar surface area (TPSA) is 37.5 Å². The molecule has 3 nitrogen and oxygen atoms in total. The number of aromatic nitrogens is 2. The summed E-state index contributed by atoms with van der Waals surface area (Å²) < 4.78 is 1.96. The maximum absolute atomic E-state index is 9.17. The third-order valence-corrected chi connectivity index (χ3v) is 3.57. The van der Waals surface area contributed by atoms with Crippen molar-refractivity contribution >= 4 is 5.65 Å². The highest BCUT2D eigenvalue weighted by Crippen LogP contribution is 2.22. The van der Waals surface area contributed by atoms with Gasteiger partial charge in [-0.25, -0.2) is 4.98 Å². The van der Waals surface area contributed by atoms with E-state index < -0.39 is 0 Å². The highest BCUT2D eigenvalue weighted by Gasteiger charge is 2.06. The monoisotopic (exact) mass is 266 g/mol. The van der Waals surface area contributed by atoms with Crippen molar-refractivity contribution in [3.8, 4) is 11.3 Å². The van der Waals surface area contributed by atoms with Crippen LogP contribution in [-0.4, -0.2) is 14.5 Å². The number of hydrogen-bond donors (Lipinski definition) is 1. The van der Waals surface area contributed by atoms with Crippen molar-refractivity contribution in [3.63, 3.8) is 0 Å². The van der Waals surface area contributed by atoms with Crippen molar-refractivity contribution in [2.45, 2.75) is 26.4 Å². The number of aliphatic hydroxyl groups is 1. The summed E-state index contributed by atoms with van der Waals surface area (Å²) in [7, 11) is 0. The van der Waals surface area contributed by atoms with Gasteiger partial charge in [-0.3, -0.25) is 0 Å². The molecule has 0 saturated carbocycles. The van der Waals surface area contributed by atoms with E-state index in [1.807, 2.05) is 28.9 Å². The number of benzene rings is 1. The lowest BCUT2D eigenvalue weighted by Gasteiger charge is -2.05. The molecule has 2 heterocycles. The van der Waals surface area contributed by atoms with Gasteiger partial charge in [-0.05, 0) is 23.1 Å². The van der Waals surface area contributed by atoms with Crippen LogP contribution < -0.4 is 0 Å². The SMILES string of the molecule is CC(C)c1ccc(-c2cn3cc(CO)ccc3n2)cc1. The number of imidazole rings is 1. The fourth-order valence-corrected chi connectivity index (χ4v) is 2.31. The standard InChI is InChI=1S/C17H18N2O/c1-12(2)14-4-6-15(7-5-14)16-10-19-9-13(11-20)3-8-17(19)18-16/h3-10,12,20H,11H2,1-2H3. The van der Waals surface area contributed by atoms with E-state index in [1.54, 1.807) is 0 Å². The number of rotatable bonds is 3. The Labute approximate surface area is 118 Å². The number of pyridine rings is 1. The Hall–Kier alpha value is -2.13. The van der Waals surface area contributed by atoms with Crippen LogP contribution in [0, 0.1) is 0 Å². The first-order valence-electron chi connectivity index (χ1n) is 6.86. The Morgan fingerprint density at radius 2 is 1.80 bits per heavy atom. The number of fused-ring (bicyclic) bond motifs is 1. The Bertz CT molecular complexity index is 726. The van der Waals surface area contributed by atoms with Crippen LogP contribution in [0.5, 0.6) is 0 Å². The molecular weight excluding hydrogens is 248 g/mol. The van der Waals surface area contributed by atoms with Crippen LogP contribution in [0.3, 0.4) is 0 Å². The molecule has 20 heavy (non-hydrogen) atoms. The van der Waals surface area contributed by atoms with Gasteiger partial charge in [-0.15, -0.1) is 0 Å². The average molecular weight is 266 g/mol. The van der Waals surface area contributed by atoms with Crippen LogP contribution in [0.4, 0.5) is 0 Å². The molecule has 3 heteroatoms. The zero-order valence-electron chi connectivity index (χ0n) is 11.7. The van der Waals surface area contributed by atoms with Crippen LogP contribution in [0.1, 0.15) is 30.9 Å². The third kappa shape index (κ3) is 2.32. The molecule has 0 spiro atoms. The maximum Gasteiger partial charge on any atom is 0.137 e.